The van der Waals surface area contributed by atoms with Gasteiger partial charge in [0.25, 0.3) is 5.91 Å². The minimum atomic E-state index is -0.379. The van der Waals surface area contributed by atoms with Crippen LogP contribution in [0.15, 0.2) is 59.8 Å². The number of pyridine rings is 1. The van der Waals surface area contributed by atoms with Crippen LogP contribution < -0.4 is 10.2 Å². The van der Waals surface area contributed by atoms with Gasteiger partial charge in [-0.15, -0.1) is 0 Å². The van der Waals surface area contributed by atoms with Crippen molar-refractivity contribution in [1.82, 2.24) is 20.6 Å². The third-order valence-corrected chi connectivity index (χ3v) is 3.40. The zero-order chi connectivity index (χ0) is 18.4. The Morgan fingerprint density at radius 3 is 2.73 bits per heavy atom. The number of aromatic amines is 1. The third kappa shape index (κ3) is 4.54. The number of nitrogens with zero attached hydrogens (tertiary/aromatic N) is 3. The highest BCUT2D eigenvalue weighted by atomic mass is 16.5. The van der Waals surface area contributed by atoms with Crippen molar-refractivity contribution in [2.75, 3.05) is 0 Å². The largest absolute Gasteiger partial charge is 0.491 e. The van der Waals surface area contributed by atoms with Gasteiger partial charge in [-0.2, -0.15) is 10.2 Å². The van der Waals surface area contributed by atoms with Crippen LogP contribution in [0.1, 0.15) is 30.0 Å². The van der Waals surface area contributed by atoms with E-state index in [0.29, 0.717) is 17.1 Å². The quantitative estimate of drug-likeness (QED) is 0.528. The van der Waals surface area contributed by atoms with E-state index in [1.165, 1.54) is 6.21 Å². The van der Waals surface area contributed by atoms with Gasteiger partial charge in [-0.3, -0.25) is 14.9 Å². The maximum Gasteiger partial charge on any atom is 0.289 e. The van der Waals surface area contributed by atoms with E-state index >= 15 is 0 Å². The molecule has 3 rings (SSSR count). The molecule has 2 N–H and O–H groups in total. The molecule has 0 aliphatic carbocycles. The SMILES string of the molecule is CC(C)Oc1ccc(-c2cc(C(=O)N/N=C/c3ccccn3)[nH]n2)cc1. The Morgan fingerprint density at radius 1 is 1.23 bits per heavy atom. The van der Waals surface area contributed by atoms with Crippen LogP contribution in [-0.2, 0) is 0 Å². The molecule has 1 aromatic carbocycles. The molecule has 2 aromatic heterocycles. The number of hydrogen-bond donors (Lipinski definition) is 2. The second kappa shape index (κ2) is 8.06. The molecule has 0 atom stereocenters. The van der Waals surface area contributed by atoms with E-state index in [2.05, 4.69) is 25.7 Å². The first-order valence-corrected chi connectivity index (χ1v) is 8.19. The van der Waals surface area contributed by atoms with Gasteiger partial charge in [0.1, 0.15) is 11.4 Å². The minimum Gasteiger partial charge on any atom is -0.491 e. The normalized spacial score (nSPS) is 11.0. The average molecular weight is 349 g/mol. The lowest BCUT2D eigenvalue weighted by molar-refractivity contribution is 0.0950. The van der Waals surface area contributed by atoms with E-state index in [9.17, 15) is 4.79 Å². The fraction of sp³-hybridized carbons (Fsp3) is 0.158. The van der Waals surface area contributed by atoms with E-state index in [0.717, 1.165) is 11.3 Å². The highest BCUT2D eigenvalue weighted by molar-refractivity contribution is 5.94. The summed E-state index contributed by atoms with van der Waals surface area (Å²) in [6.45, 7) is 3.95. The molecule has 3 aromatic rings. The molecule has 0 aliphatic rings. The van der Waals surface area contributed by atoms with Crippen molar-refractivity contribution < 1.29 is 9.53 Å². The van der Waals surface area contributed by atoms with E-state index in [1.54, 1.807) is 18.3 Å². The lowest BCUT2D eigenvalue weighted by Crippen LogP contribution is -2.18. The van der Waals surface area contributed by atoms with Crippen LogP contribution in [0.5, 0.6) is 5.75 Å². The van der Waals surface area contributed by atoms with Gasteiger partial charge >= 0.3 is 0 Å². The summed E-state index contributed by atoms with van der Waals surface area (Å²) in [5.41, 5.74) is 4.97. The van der Waals surface area contributed by atoms with Crippen LogP contribution in [0.3, 0.4) is 0 Å². The molecule has 0 aliphatic heterocycles. The molecule has 2 heterocycles. The van der Waals surface area contributed by atoms with Crippen LogP contribution >= 0.6 is 0 Å². The smallest absolute Gasteiger partial charge is 0.289 e. The molecule has 0 saturated heterocycles. The van der Waals surface area contributed by atoms with Gasteiger partial charge in [0.15, 0.2) is 0 Å². The first kappa shape index (κ1) is 17.3. The van der Waals surface area contributed by atoms with Crippen LogP contribution in [-0.4, -0.2) is 33.4 Å². The third-order valence-electron chi connectivity index (χ3n) is 3.40. The predicted molar refractivity (Wildman–Crippen MR) is 99.1 cm³/mol. The second-order valence-electron chi connectivity index (χ2n) is 5.81. The van der Waals surface area contributed by atoms with E-state index in [1.807, 2.05) is 50.2 Å². The summed E-state index contributed by atoms with van der Waals surface area (Å²) in [7, 11) is 0. The summed E-state index contributed by atoms with van der Waals surface area (Å²) in [4.78, 5) is 16.2. The van der Waals surface area contributed by atoms with Crippen molar-refractivity contribution in [1.29, 1.82) is 0 Å². The maximum absolute atomic E-state index is 12.1. The Morgan fingerprint density at radius 2 is 2.04 bits per heavy atom. The summed E-state index contributed by atoms with van der Waals surface area (Å²) in [5.74, 6) is 0.414. The van der Waals surface area contributed by atoms with Gasteiger partial charge in [0, 0.05) is 11.8 Å². The zero-order valence-electron chi connectivity index (χ0n) is 14.5. The number of rotatable bonds is 6. The molecule has 0 radical (unpaired) electrons. The van der Waals surface area contributed by atoms with Gasteiger partial charge in [-0.05, 0) is 56.3 Å². The molecular formula is C19H19N5O2. The molecule has 7 nitrogen and oxygen atoms in total. The van der Waals surface area contributed by atoms with Crippen molar-refractivity contribution in [3.05, 3.63) is 66.1 Å². The first-order chi connectivity index (χ1) is 12.6. The highest BCUT2D eigenvalue weighted by Crippen LogP contribution is 2.21. The van der Waals surface area contributed by atoms with Gasteiger partial charge in [0.2, 0.25) is 0 Å². The van der Waals surface area contributed by atoms with Crippen molar-refractivity contribution in [2.24, 2.45) is 5.10 Å². The van der Waals surface area contributed by atoms with E-state index in [-0.39, 0.29) is 12.0 Å². The monoisotopic (exact) mass is 349 g/mol. The van der Waals surface area contributed by atoms with E-state index in [4.69, 9.17) is 4.74 Å². The number of carbonyl (C=O) groups is 1. The summed E-state index contributed by atoms with van der Waals surface area (Å²) in [6, 6.07) is 14.7. The predicted octanol–water partition coefficient (Wildman–Crippen LogP) is 3.02. The molecule has 0 fully saturated rings. The lowest BCUT2D eigenvalue weighted by Gasteiger charge is -2.09. The molecule has 0 saturated carbocycles. The molecule has 132 valence electrons. The van der Waals surface area contributed by atoms with Gasteiger partial charge in [-0.25, -0.2) is 5.43 Å². The van der Waals surface area contributed by atoms with Crippen molar-refractivity contribution in [3.8, 4) is 17.0 Å². The standard InChI is InChI=1S/C19H19N5O2/c1-13(2)26-16-8-6-14(7-9-16)17-11-18(23-22-17)19(25)24-21-12-15-5-3-4-10-20-15/h3-13H,1-2H3,(H,22,23)(H,24,25)/b21-12+. The topological polar surface area (TPSA) is 92.3 Å². The number of hydrogen-bond acceptors (Lipinski definition) is 5. The Kier molecular flexibility index (Phi) is 5.38. The van der Waals surface area contributed by atoms with Crippen LogP contribution in [0, 0.1) is 0 Å². The molecule has 0 spiro atoms. The number of benzene rings is 1. The fourth-order valence-electron chi connectivity index (χ4n) is 2.23. The van der Waals surface area contributed by atoms with Crippen molar-refractivity contribution in [2.45, 2.75) is 20.0 Å². The van der Waals surface area contributed by atoms with Gasteiger partial charge < -0.3 is 4.74 Å². The maximum atomic E-state index is 12.1. The number of carbonyl (C=O) groups excluding carboxylic acids is 1. The number of hydrazone groups is 1. The number of H-pyrrole nitrogens is 1. The summed E-state index contributed by atoms with van der Waals surface area (Å²) >= 11 is 0. The van der Waals surface area contributed by atoms with Crippen LogP contribution in [0.2, 0.25) is 0 Å². The summed E-state index contributed by atoms with van der Waals surface area (Å²) < 4.78 is 5.62. The minimum absolute atomic E-state index is 0.119. The molecule has 0 unspecified atom stereocenters. The number of nitrogens with one attached hydrogen (secondary N) is 2. The van der Waals surface area contributed by atoms with Gasteiger partial charge in [0.05, 0.1) is 23.7 Å². The number of aromatic nitrogens is 3. The Hall–Kier alpha value is -3.48. The Balaban J connectivity index is 1.63. The molecule has 0 bridgehead atoms. The zero-order valence-corrected chi connectivity index (χ0v) is 14.5. The average Bonchev–Trinajstić information content (AvgIpc) is 3.13. The molecule has 26 heavy (non-hydrogen) atoms. The Labute approximate surface area is 151 Å². The summed E-state index contributed by atoms with van der Waals surface area (Å²) in [5, 5.41) is 10.8. The summed E-state index contributed by atoms with van der Waals surface area (Å²) in [6.07, 6.45) is 3.25. The molecular weight excluding hydrogens is 330 g/mol. The number of ether oxygens (including phenoxy) is 1. The Bertz CT molecular complexity index is 886. The van der Waals surface area contributed by atoms with Crippen molar-refractivity contribution in [3.63, 3.8) is 0 Å². The molecule has 1 amide bonds. The van der Waals surface area contributed by atoms with Crippen molar-refractivity contribution >= 4 is 12.1 Å². The van der Waals surface area contributed by atoms with Crippen LogP contribution in [0.4, 0.5) is 0 Å². The number of amides is 1. The second-order valence-corrected chi connectivity index (χ2v) is 5.81. The van der Waals surface area contributed by atoms with Gasteiger partial charge in [-0.1, -0.05) is 6.07 Å². The van der Waals surface area contributed by atoms with Crippen LogP contribution in [0.25, 0.3) is 11.3 Å². The fourth-order valence-corrected chi connectivity index (χ4v) is 2.23. The lowest BCUT2D eigenvalue weighted by atomic mass is 10.1. The first-order valence-electron chi connectivity index (χ1n) is 8.19. The van der Waals surface area contributed by atoms with E-state index < -0.39 is 0 Å². The highest BCUT2D eigenvalue weighted by Gasteiger charge is 2.10. The molecule has 7 heteroatoms.